The molecule has 1 aromatic rings. The van der Waals surface area contributed by atoms with Gasteiger partial charge in [0.15, 0.2) is 0 Å². The Morgan fingerprint density at radius 3 is 2.82 bits per heavy atom. The molecule has 1 heterocycles. The fourth-order valence-electron chi connectivity index (χ4n) is 2.62. The second kappa shape index (κ2) is 7.33. The number of piperidine rings is 1. The van der Waals surface area contributed by atoms with Gasteiger partial charge in [0.05, 0.1) is 12.6 Å². The van der Waals surface area contributed by atoms with Crippen LogP contribution in [0.1, 0.15) is 44.2 Å². The van der Waals surface area contributed by atoms with Crippen LogP contribution < -0.4 is 5.32 Å². The SMILES string of the molecule is CC[C@H](NC(=O)CN1CCCCC1=O)c1cc(F)ccc1F. The summed E-state index contributed by atoms with van der Waals surface area (Å²) in [7, 11) is 0. The van der Waals surface area contributed by atoms with Crippen molar-refractivity contribution in [1.29, 1.82) is 0 Å². The van der Waals surface area contributed by atoms with Crippen LogP contribution in [-0.2, 0) is 9.59 Å². The number of rotatable bonds is 5. The topological polar surface area (TPSA) is 49.4 Å². The summed E-state index contributed by atoms with van der Waals surface area (Å²) in [6, 6.07) is 2.58. The molecule has 1 aliphatic rings. The molecule has 1 atom stereocenters. The number of carbonyl (C=O) groups excluding carboxylic acids is 2. The second-order valence-corrected chi connectivity index (χ2v) is 5.47. The standard InChI is InChI=1S/C16H20F2N2O2/c1-2-14(12-9-11(17)6-7-13(12)18)19-15(21)10-20-8-4-3-5-16(20)22/h6-7,9,14H,2-5,8,10H2,1H3,(H,19,21)/t14-/m0/s1. The van der Waals surface area contributed by atoms with Gasteiger partial charge in [-0.15, -0.1) is 0 Å². The lowest BCUT2D eigenvalue weighted by Gasteiger charge is -2.27. The Morgan fingerprint density at radius 2 is 2.14 bits per heavy atom. The van der Waals surface area contributed by atoms with Crippen LogP contribution in [0.3, 0.4) is 0 Å². The lowest BCUT2D eigenvalue weighted by Crippen LogP contribution is -2.43. The van der Waals surface area contributed by atoms with E-state index in [0.717, 1.165) is 31.0 Å². The predicted octanol–water partition coefficient (Wildman–Crippen LogP) is 2.54. The lowest BCUT2D eigenvalue weighted by molar-refractivity contribution is -0.138. The third-order valence-electron chi connectivity index (χ3n) is 3.83. The number of nitrogens with one attached hydrogen (secondary N) is 1. The number of nitrogens with zero attached hydrogens (tertiary/aromatic N) is 1. The molecule has 1 aromatic carbocycles. The normalized spacial score (nSPS) is 16.5. The van der Waals surface area contributed by atoms with E-state index in [1.165, 1.54) is 4.90 Å². The van der Waals surface area contributed by atoms with Gasteiger partial charge in [-0.1, -0.05) is 6.92 Å². The van der Waals surface area contributed by atoms with Gasteiger partial charge in [-0.05, 0) is 37.5 Å². The number of hydrogen-bond acceptors (Lipinski definition) is 2. The van der Waals surface area contributed by atoms with Gasteiger partial charge in [0.2, 0.25) is 11.8 Å². The summed E-state index contributed by atoms with van der Waals surface area (Å²) in [4.78, 5) is 25.3. The van der Waals surface area contributed by atoms with Crippen LogP contribution >= 0.6 is 0 Å². The van der Waals surface area contributed by atoms with Crippen LogP contribution in [-0.4, -0.2) is 29.8 Å². The van der Waals surface area contributed by atoms with Crippen LogP contribution in [0.4, 0.5) is 8.78 Å². The van der Waals surface area contributed by atoms with Gasteiger partial charge in [0, 0.05) is 18.5 Å². The Hall–Kier alpha value is -1.98. The fourth-order valence-corrected chi connectivity index (χ4v) is 2.62. The van der Waals surface area contributed by atoms with Gasteiger partial charge in [0.1, 0.15) is 11.6 Å². The summed E-state index contributed by atoms with van der Waals surface area (Å²) in [6.45, 7) is 2.31. The molecule has 0 bridgehead atoms. The minimum absolute atomic E-state index is 0.0354. The van der Waals surface area contributed by atoms with Gasteiger partial charge < -0.3 is 10.2 Å². The molecule has 0 aliphatic carbocycles. The highest BCUT2D eigenvalue weighted by molar-refractivity contribution is 5.85. The lowest BCUT2D eigenvalue weighted by atomic mass is 10.0. The van der Waals surface area contributed by atoms with E-state index in [9.17, 15) is 18.4 Å². The summed E-state index contributed by atoms with van der Waals surface area (Å²) >= 11 is 0. The first-order valence-corrected chi connectivity index (χ1v) is 7.53. The molecule has 1 aliphatic heterocycles. The molecule has 0 aromatic heterocycles. The van der Waals surface area contributed by atoms with E-state index < -0.39 is 17.7 Å². The van der Waals surface area contributed by atoms with Crippen molar-refractivity contribution in [2.75, 3.05) is 13.1 Å². The van der Waals surface area contributed by atoms with Gasteiger partial charge in [-0.3, -0.25) is 9.59 Å². The molecule has 120 valence electrons. The Labute approximate surface area is 128 Å². The third kappa shape index (κ3) is 4.02. The number of benzene rings is 1. The molecule has 6 heteroatoms. The first-order chi connectivity index (χ1) is 10.5. The van der Waals surface area contributed by atoms with Crippen molar-refractivity contribution in [3.05, 3.63) is 35.4 Å². The highest BCUT2D eigenvalue weighted by Gasteiger charge is 2.23. The average molecular weight is 310 g/mol. The average Bonchev–Trinajstić information content (AvgIpc) is 2.50. The molecule has 1 saturated heterocycles. The molecule has 0 unspecified atom stereocenters. The minimum Gasteiger partial charge on any atom is -0.348 e. The second-order valence-electron chi connectivity index (χ2n) is 5.47. The Morgan fingerprint density at radius 1 is 1.36 bits per heavy atom. The van der Waals surface area contributed by atoms with Crippen molar-refractivity contribution in [2.45, 2.75) is 38.6 Å². The molecule has 0 radical (unpaired) electrons. The smallest absolute Gasteiger partial charge is 0.240 e. The van der Waals surface area contributed by atoms with Gasteiger partial charge in [0.25, 0.3) is 0 Å². The van der Waals surface area contributed by atoms with Crippen LogP contribution in [0, 0.1) is 11.6 Å². The maximum absolute atomic E-state index is 13.8. The summed E-state index contributed by atoms with van der Waals surface area (Å²) in [5.74, 6) is -1.49. The number of halogens is 2. The predicted molar refractivity (Wildman–Crippen MR) is 78.0 cm³/mol. The largest absolute Gasteiger partial charge is 0.348 e. The molecule has 1 N–H and O–H groups in total. The van der Waals surface area contributed by atoms with Gasteiger partial charge in [-0.25, -0.2) is 8.78 Å². The molecular formula is C16H20F2N2O2. The van der Waals surface area contributed by atoms with Crippen molar-refractivity contribution in [2.24, 2.45) is 0 Å². The van der Waals surface area contributed by atoms with E-state index in [2.05, 4.69) is 5.32 Å². The van der Waals surface area contributed by atoms with Gasteiger partial charge in [-0.2, -0.15) is 0 Å². The first kappa shape index (κ1) is 16.4. The fraction of sp³-hybridized carbons (Fsp3) is 0.500. The van der Waals surface area contributed by atoms with E-state index in [1.807, 2.05) is 0 Å². The molecule has 2 rings (SSSR count). The van der Waals surface area contributed by atoms with Crippen molar-refractivity contribution in [3.63, 3.8) is 0 Å². The van der Waals surface area contributed by atoms with Crippen molar-refractivity contribution >= 4 is 11.8 Å². The van der Waals surface area contributed by atoms with Crippen LogP contribution in [0.15, 0.2) is 18.2 Å². The number of likely N-dealkylation sites (tertiary alicyclic amines) is 1. The third-order valence-corrected chi connectivity index (χ3v) is 3.83. The molecule has 22 heavy (non-hydrogen) atoms. The van der Waals surface area contributed by atoms with Crippen LogP contribution in [0.5, 0.6) is 0 Å². The van der Waals surface area contributed by atoms with Crippen LogP contribution in [0.25, 0.3) is 0 Å². The number of amides is 2. The van der Waals surface area contributed by atoms with Crippen molar-refractivity contribution in [3.8, 4) is 0 Å². The highest BCUT2D eigenvalue weighted by atomic mass is 19.1. The van der Waals surface area contributed by atoms with Crippen molar-refractivity contribution in [1.82, 2.24) is 10.2 Å². The summed E-state index contributed by atoms with van der Waals surface area (Å²) < 4.78 is 27.1. The summed E-state index contributed by atoms with van der Waals surface area (Å²) in [5.41, 5.74) is 0.126. The van der Waals surface area contributed by atoms with E-state index >= 15 is 0 Å². The van der Waals surface area contributed by atoms with E-state index in [0.29, 0.717) is 19.4 Å². The molecule has 2 amide bonds. The molecular weight excluding hydrogens is 290 g/mol. The molecule has 1 fully saturated rings. The molecule has 4 nitrogen and oxygen atoms in total. The summed E-state index contributed by atoms with van der Waals surface area (Å²) in [5, 5.41) is 2.68. The Bertz CT molecular complexity index is 563. The zero-order valence-corrected chi connectivity index (χ0v) is 12.6. The Kier molecular flexibility index (Phi) is 5.46. The number of hydrogen-bond donors (Lipinski definition) is 1. The zero-order valence-electron chi connectivity index (χ0n) is 12.6. The van der Waals surface area contributed by atoms with E-state index in [4.69, 9.17) is 0 Å². The molecule has 0 spiro atoms. The Balaban J connectivity index is 2.01. The van der Waals surface area contributed by atoms with E-state index in [-0.39, 0.29) is 23.9 Å². The quantitative estimate of drug-likeness (QED) is 0.908. The highest BCUT2D eigenvalue weighted by Crippen LogP contribution is 2.21. The van der Waals surface area contributed by atoms with Gasteiger partial charge >= 0.3 is 0 Å². The summed E-state index contributed by atoms with van der Waals surface area (Å²) in [6.07, 6.45) is 2.63. The first-order valence-electron chi connectivity index (χ1n) is 7.53. The monoisotopic (exact) mass is 310 g/mol. The number of carbonyl (C=O) groups is 2. The molecule has 0 saturated carbocycles. The van der Waals surface area contributed by atoms with Crippen molar-refractivity contribution < 1.29 is 18.4 Å². The van der Waals surface area contributed by atoms with E-state index in [1.54, 1.807) is 6.92 Å². The van der Waals surface area contributed by atoms with Crippen LogP contribution in [0.2, 0.25) is 0 Å². The maximum atomic E-state index is 13.8. The zero-order chi connectivity index (χ0) is 16.1. The minimum atomic E-state index is -0.608. The maximum Gasteiger partial charge on any atom is 0.240 e.